The van der Waals surface area contributed by atoms with Crippen LogP contribution in [0.3, 0.4) is 0 Å². The van der Waals surface area contributed by atoms with Crippen LogP contribution in [0.5, 0.6) is 28.7 Å². The van der Waals surface area contributed by atoms with E-state index in [1.165, 1.54) is 5.56 Å². The van der Waals surface area contributed by atoms with Gasteiger partial charge in [0.1, 0.15) is 28.9 Å². The number of amides is 1. The molecular weight excluding hydrogens is 813 g/mol. The predicted molar refractivity (Wildman–Crippen MR) is 246 cm³/mol. The number of aliphatic hydroxyl groups is 2. The van der Waals surface area contributed by atoms with Crippen LogP contribution in [0.1, 0.15) is 100 Å². The normalized spacial score (nSPS) is 23.6. The van der Waals surface area contributed by atoms with Crippen molar-refractivity contribution < 1.29 is 48.3 Å². The van der Waals surface area contributed by atoms with Crippen LogP contribution in [0.25, 0.3) is 0 Å². The Morgan fingerprint density at radius 1 is 0.906 bits per heavy atom. The second kappa shape index (κ2) is 20.7. The van der Waals surface area contributed by atoms with Crippen LogP contribution in [0.15, 0.2) is 96.7 Å². The van der Waals surface area contributed by atoms with E-state index in [1.54, 1.807) is 17.1 Å². The van der Waals surface area contributed by atoms with E-state index in [1.807, 2.05) is 63.2 Å². The topological polar surface area (TPSA) is 138 Å². The predicted octanol–water partition coefficient (Wildman–Crippen LogP) is 10.5. The molecular formula is C52H66N2O10. The van der Waals surface area contributed by atoms with Crippen molar-refractivity contribution in [3.05, 3.63) is 114 Å². The number of unbranched alkanes of at least 4 members (excludes halogenated alkanes) is 2. The van der Waals surface area contributed by atoms with E-state index in [0.717, 1.165) is 53.7 Å². The van der Waals surface area contributed by atoms with Gasteiger partial charge in [-0.2, -0.15) is 0 Å². The molecule has 0 bridgehead atoms. The Balaban J connectivity index is 1.46. The highest BCUT2D eigenvalue weighted by atomic mass is 16.7. The van der Waals surface area contributed by atoms with Crippen molar-refractivity contribution in [2.24, 2.45) is 22.9 Å². The quantitative estimate of drug-likeness (QED) is 0.0641. The van der Waals surface area contributed by atoms with E-state index >= 15 is 0 Å². The minimum Gasteiger partial charge on any atom is -0.459 e. The Bertz CT molecular complexity index is 2190. The van der Waals surface area contributed by atoms with Gasteiger partial charge < -0.3 is 43.5 Å². The number of carbonyl (C=O) groups is 1. The lowest BCUT2D eigenvalue weighted by atomic mass is 9.55. The van der Waals surface area contributed by atoms with Crippen LogP contribution in [-0.4, -0.2) is 77.6 Å². The number of hydrogen-bond acceptors (Lipinski definition) is 11. The average Bonchev–Trinajstić information content (AvgIpc) is 3.75. The van der Waals surface area contributed by atoms with E-state index in [4.69, 9.17) is 38.4 Å². The molecule has 4 aliphatic rings. The molecule has 1 fully saturated rings. The Kier molecular flexibility index (Phi) is 15.1. The fourth-order valence-electron chi connectivity index (χ4n) is 9.67. The van der Waals surface area contributed by atoms with Crippen LogP contribution >= 0.6 is 0 Å². The number of aryl methyl sites for hydroxylation is 2. The number of nitrogens with zero attached hydrogens (tertiary/aromatic N) is 2. The highest BCUT2D eigenvalue weighted by molar-refractivity contribution is 6.03. The molecule has 2 aliphatic heterocycles. The van der Waals surface area contributed by atoms with Crippen LogP contribution in [0.2, 0.25) is 0 Å². The average molecular weight is 879 g/mol. The third-order valence-electron chi connectivity index (χ3n) is 12.7. The number of ether oxygens (including phenoxy) is 6. The summed E-state index contributed by atoms with van der Waals surface area (Å²) in [4.78, 5) is 22.8. The molecule has 0 aromatic heterocycles. The molecule has 2 heterocycles. The Morgan fingerprint density at radius 3 is 2.38 bits per heavy atom. The number of fused-ring (bicyclic) bond motifs is 3. The SMILES string of the molecule is C=CCCOC(=O)N(Cc1ccc2c(c1)OCO2)C1CC(=NOC(C)(C)C)C2=CC(CCCCO)C(CCCCO)C3c4cc(Oc5ccc(C)c(C)c5)ccc4OC1(OCC=C)C23. The molecule has 12 nitrogen and oxygen atoms in total. The monoisotopic (exact) mass is 878 g/mol. The first-order valence-corrected chi connectivity index (χ1v) is 22.8. The van der Waals surface area contributed by atoms with Crippen molar-refractivity contribution in [2.45, 2.75) is 116 Å². The van der Waals surface area contributed by atoms with Crippen LogP contribution in [-0.2, 0) is 20.9 Å². The molecule has 12 heteroatoms. The summed E-state index contributed by atoms with van der Waals surface area (Å²) >= 11 is 0. The highest BCUT2D eigenvalue weighted by Gasteiger charge is 2.66. The van der Waals surface area contributed by atoms with Gasteiger partial charge in [0.25, 0.3) is 0 Å². The fourth-order valence-corrected chi connectivity index (χ4v) is 9.67. The van der Waals surface area contributed by atoms with Crippen LogP contribution < -0.4 is 18.9 Å². The number of benzene rings is 3. The number of oxime groups is 1. The maximum absolute atomic E-state index is 14.8. The zero-order chi connectivity index (χ0) is 45.4. The van der Waals surface area contributed by atoms with E-state index in [-0.39, 0.29) is 63.9 Å². The summed E-state index contributed by atoms with van der Waals surface area (Å²) in [5, 5.41) is 25.0. The summed E-state index contributed by atoms with van der Waals surface area (Å²) < 4.78 is 38.7. The van der Waals surface area contributed by atoms with Gasteiger partial charge in [-0.3, -0.25) is 4.90 Å². The van der Waals surface area contributed by atoms with Crippen molar-refractivity contribution in [3.63, 3.8) is 0 Å². The van der Waals surface area contributed by atoms with Gasteiger partial charge in [0, 0.05) is 37.7 Å². The summed E-state index contributed by atoms with van der Waals surface area (Å²) in [6.45, 7) is 18.6. The molecule has 2 N–H and O–H groups in total. The molecule has 3 aromatic rings. The molecule has 3 aromatic carbocycles. The molecule has 2 aliphatic carbocycles. The van der Waals surface area contributed by atoms with Gasteiger partial charge in [-0.05, 0) is 143 Å². The van der Waals surface area contributed by atoms with E-state index in [0.29, 0.717) is 48.0 Å². The van der Waals surface area contributed by atoms with Gasteiger partial charge >= 0.3 is 6.09 Å². The minimum atomic E-state index is -1.48. The first-order chi connectivity index (χ1) is 30.9. The third-order valence-corrected chi connectivity index (χ3v) is 12.7. The molecule has 0 radical (unpaired) electrons. The zero-order valence-electron chi connectivity index (χ0n) is 38.2. The van der Waals surface area contributed by atoms with Gasteiger partial charge in [-0.25, -0.2) is 4.79 Å². The molecule has 1 amide bonds. The van der Waals surface area contributed by atoms with Gasteiger partial charge in [-0.1, -0.05) is 48.4 Å². The smallest absolute Gasteiger partial charge is 0.410 e. The summed E-state index contributed by atoms with van der Waals surface area (Å²) in [5.41, 5.74) is 5.08. The molecule has 1 saturated carbocycles. The largest absolute Gasteiger partial charge is 0.459 e. The molecule has 7 rings (SSSR count). The fraction of sp³-hybridized carbons (Fsp3) is 0.500. The first kappa shape index (κ1) is 46.7. The summed E-state index contributed by atoms with van der Waals surface area (Å²) in [6, 6.07) is 16.9. The maximum Gasteiger partial charge on any atom is 0.410 e. The minimum absolute atomic E-state index is 0.0376. The zero-order valence-corrected chi connectivity index (χ0v) is 38.2. The lowest BCUT2D eigenvalue weighted by Crippen LogP contribution is -2.70. The van der Waals surface area contributed by atoms with Crippen molar-refractivity contribution >= 4 is 11.8 Å². The standard InChI is InChI=1S/C52H66N2O10/c1-8-10-26-58-50(57)54(32-36-18-21-45-46(28-36)60-33-59-45)47-31-43(53-64-51(5,6)7)41-29-37(15-11-13-23-55)40(16-12-14-24-56)48-42-30-39(62-38-19-17-34(3)35(4)27-38)20-22-44(42)63-52(47,49(41)48)61-25-9-2/h8-9,17-22,27-30,37,40,47-49,55-56H,1-2,10-16,23-26,31-33H2,3-7H3. The molecule has 0 spiro atoms. The number of rotatable bonds is 20. The second-order valence-corrected chi connectivity index (χ2v) is 18.3. The molecule has 344 valence electrons. The number of hydrogen-bond donors (Lipinski definition) is 2. The highest BCUT2D eigenvalue weighted by Crippen LogP contribution is 2.62. The van der Waals surface area contributed by atoms with Gasteiger partial charge in [0.05, 0.1) is 24.8 Å². The van der Waals surface area contributed by atoms with Crippen molar-refractivity contribution in [1.82, 2.24) is 4.90 Å². The van der Waals surface area contributed by atoms with Gasteiger partial charge in [-0.15, -0.1) is 13.2 Å². The van der Waals surface area contributed by atoms with E-state index in [9.17, 15) is 15.0 Å². The Labute approximate surface area is 378 Å². The van der Waals surface area contributed by atoms with E-state index < -0.39 is 29.4 Å². The van der Waals surface area contributed by atoms with E-state index in [2.05, 4.69) is 45.2 Å². The lowest BCUT2D eigenvalue weighted by molar-refractivity contribution is -0.256. The first-order valence-electron chi connectivity index (χ1n) is 22.8. The van der Waals surface area contributed by atoms with Crippen molar-refractivity contribution in [1.29, 1.82) is 0 Å². The second-order valence-electron chi connectivity index (χ2n) is 18.3. The van der Waals surface area contributed by atoms with Gasteiger partial charge in [0.15, 0.2) is 11.5 Å². The maximum atomic E-state index is 14.8. The Hall–Kier alpha value is -5.30. The van der Waals surface area contributed by atoms with Crippen molar-refractivity contribution in [3.8, 4) is 28.7 Å². The van der Waals surface area contributed by atoms with Crippen molar-refractivity contribution in [2.75, 3.05) is 33.2 Å². The summed E-state index contributed by atoms with van der Waals surface area (Å²) in [6.07, 6.45) is 10.5. The van der Waals surface area contributed by atoms with Crippen LogP contribution in [0, 0.1) is 31.6 Å². The summed E-state index contributed by atoms with van der Waals surface area (Å²) in [7, 11) is 0. The molecule has 6 unspecified atom stereocenters. The third kappa shape index (κ3) is 10.3. The molecule has 6 atom stereocenters. The van der Waals surface area contributed by atoms with Crippen LogP contribution in [0.4, 0.5) is 4.79 Å². The lowest BCUT2D eigenvalue weighted by Gasteiger charge is -2.60. The van der Waals surface area contributed by atoms with Gasteiger partial charge in [0.2, 0.25) is 12.6 Å². The summed E-state index contributed by atoms with van der Waals surface area (Å²) in [5.74, 6) is 1.14. The molecule has 64 heavy (non-hydrogen) atoms. The number of carbonyl (C=O) groups excluding carboxylic acids is 1. The molecule has 0 saturated heterocycles. The number of allylic oxidation sites excluding steroid dienone is 1. The number of aliphatic hydroxyl groups excluding tert-OH is 2. The Morgan fingerprint density at radius 2 is 1.64 bits per heavy atom.